The molecule has 12 nitrogen and oxygen atoms in total. The first-order valence-corrected chi connectivity index (χ1v) is 8.79. The van der Waals surface area contributed by atoms with Crippen LogP contribution < -0.4 is 21.7 Å². The van der Waals surface area contributed by atoms with Crippen molar-refractivity contribution < 1.29 is 39.6 Å². The fraction of sp³-hybridized carbons (Fsp3) is 0.750. The molecule has 162 valence electrons. The van der Waals surface area contributed by atoms with Gasteiger partial charge in [0.1, 0.15) is 12.1 Å². The van der Waals surface area contributed by atoms with Gasteiger partial charge in [0.25, 0.3) is 0 Å². The monoisotopic (exact) mass is 406 g/mol. The second-order valence-corrected chi connectivity index (χ2v) is 6.46. The van der Waals surface area contributed by atoms with Crippen LogP contribution in [0.3, 0.4) is 0 Å². The number of aliphatic carboxylic acids is 1. The van der Waals surface area contributed by atoms with Gasteiger partial charge in [-0.05, 0) is 12.8 Å². The summed E-state index contributed by atoms with van der Waals surface area (Å²) >= 11 is 0. The number of nitrogens with one attached hydrogen (secondary N) is 3. The van der Waals surface area contributed by atoms with E-state index in [2.05, 4.69) is 10.6 Å². The van der Waals surface area contributed by atoms with Gasteiger partial charge in [-0.3, -0.25) is 14.4 Å². The topological polar surface area (TPSA) is 211 Å². The molecule has 0 rings (SSSR count). The fourth-order valence-electron chi connectivity index (χ4n) is 2.08. The molecule has 0 aromatic carbocycles. The van der Waals surface area contributed by atoms with Gasteiger partial charge in [0.05, 0.1) is 25.4 Å². The summed E-state index contributed by atoms with van der Waals surface area (Å²) in [6.45, 7) is 3.03. The molecular weight excluding hydrogens is 376 g/mol. The molecule has 0 fully saturated rings. The number of aliphatic hydroxyl groups is 3. The van der Waals surface area contributed by atoms with Gasteiger partial charge in [0, 0.05) is 0 Å². The van der Waals surface area contributed by atoms with E-state index < -0.39 is 67.2 Å². The predicted octanol–water partition coefficient (Wildman–Crippen LogP) is -3.74. The highest BCUT2D eigenvalue weighted by Crippen LogP contribution is 2.05. The van der Waals surface area contributed by atoms with Gasteiger partial charge in [0.15, 0.2) is 6.04 Å². The Balaban J connectivity index is 5.02. The third kappa shape index (κ3) is 7.76. The van der Waals surface area contributed by atoms with Crippen molar-refractivity contribution in [2.75, 3.05) is 13.2 Å². The molecule has 6 unspecified atom stereocenters. The highest BCUT2D eigenvalue weighted by atomic mass is 16.4. The van der Waals surface area contributed by atoms with Gasteiger partial charge in [-0.25, -0.2) is 4.79 Å². The molecule has 0 aromatic rings. The minimum absolute atomic E-state index is 0.174. The maximum atomic E-state index is 12.2. The van der Waals surface area contributed by atoms with E-state index >= 15 is 0 Å². The smallest absolute Gasteiger partial charge is 0.328 e. The molecule has 0 bridgehead atoms. The van der Waals surface area contributed by atoms with Crippen LogP contribution >= 0.6 is 0 Å². The zero-order valence-electron chi connectivity index (χ0n) is 16.1. The Morgan fingerprint density at radius 1 is 0.893 bits per heavy atom. The average molecular weight is 406 g/mol. The lowest BCUT2D eigenvalue weighted by atomic mass is 9.99. The van der Waals surface area contributed by atoms with Crippen LogP contribution in [0.25, 0.3) is 0 Å². The van der Waals surface area contributed by atoms with Crippen molar-refractivity contribution >= 4 is 23.7 Å². The number of amides is 3. The summed E-state index contributed by atoms with van der Waals surface area (Å²) in [5.41, 5.74) is 5.75. The molecule has 0 radical (unpaired) electrons. The van der Waals surface area contributed by atoms with E-state index in [-0.39, 0.29) is 5.92 Å². The van der Waals surface area contributed by atoms with Crippen LogP contribution in [0.1, 0.15) is 27.2 Å². The second kappa shape index (κ2) is 12.2. The Kier molecular flexibility index (Phi) is 11.2. The number of hydrogen-bond acceptors (Lipinski definition) is 8. The molecule has 0 heterocycles. The first kappa shape index (κ1) is 25.7. The maximum absolute atomic E-state index is 12.2. The highest BCUT2D eigenvalue weighted by Gasteiger charge is 2.31. The average Bonchev–Trinajstić information content (AvgIpc) is 2.65. The minimum Gasteiger partial charge on any atom is -0.480 e. The number of hydrogen-bond donors (Lipinski definition) is 8. The molecule has 0 aromatic heterocycles. The second-order valence-electron chi connectivity index (χ2n) is 6.46. The predicted molar refractivity (Wildman–Crippen MR) is 96.7 cm³/mol. The summed E-state index contributed by atoms with van der Waals surface area (Å²) < 4.78 is 0. The van der Waals surface area contributed by atoms with E-state index in [1.54, 1.807) is 6.92 Å². The van der Waals surface area contributed by atoms with Crippen LogP contribution in [0.2, 0.25) is 0 Å². The number of rotatable bonds is 12. The van der Waals surface area contributed by atoms with Crippen molar-refractivity contribution in [3.63, 3.8) is 0 Å². The van der Waals surface area contributed by atoms with Crippen LogP contribution in [-0.2, 0) is 19.2 Å². The standard InChI is InChI=1S/C16H30N4O8/c1-4-7(2)11(17)15(26)19-9(5-21)13(24)18-10(6-22)14(25)20-12(8(3)23)16(27)28/h7-12,21-23H,4-6,17H2,1-3H3,(H,18,24)(H,19,26)(H,20,25)(H,27,28). The van der Waals surface area contributed by atoms with Crippen molar-refractivity contribution in [1.82, 2.24) is 16.0 Å². The third-order valence-electron chi connectivity index (χ3n) is 4.24. The number of carboxylic acids is 1. The van der Waals surface area contributed by atoms with Crippen molar-refractivity contribution in [3.05, 3.63) is 0 Å². The fourth-order valence-corrected chi connectivity index (χ4v) is 2.08. The molecule has 0 saturated heterocycles. The summed E-state index contributed by atoms with van der Waals surface area (Å²) in [6.07, 6.45) is -0.811. The molecule has 6 atom stereocenters. The van der Waals surface area contributed by atoms with E-state index in [1.165, 1.54) is 0 Å². The maximum Gasteiger partial charge on any atom is 0.328 e. The van der Waals surface area contributed by atoms with Gasteiger partial charge in [-0.2, -0.15) is 0 Å². The van der Waals surface area contributed by atoms with Crippen molar-refractivity contribution in [1.29, 1.82) is 0 Å². The van der Waals surface area contributed by atoms with Gasteiger partial charge >= 0.3 is 5.97 Å². The van der Waals surface area contributed by atoms with E-state index in [9.17, 15) is 34.5 Å². The zero-order valence-corrected chi connectivity index (χ0v) is 16.1. The van der Waals surface area contributed by atoms with E-state index in [0.29, 0.717) is 6.42 Å². The van der Waals surface area contributed by atoms with E-state index in [1.807, 2.05) is 12.2 Å². The summed E-state index contributed by atoms with van der Waals surface area (Å²) in [7, 11) is 0. The third-order valence-corrected chi connectivity index (χ3v) is 4.24. The molecule has 9 N–H and O–H groups in total. The van der Waals surface area contributed by atoms with Crippen molar-refractivity contribution in [3.8, 4) is 0 Å². The minimum atomic E-state index is -1.65. The van der Waals surface area contributed by atoms with Crippen LogP contribution in [-0.4, -0.2) is 87.6 Å². The summed E-state index contributed by atoms with van der Waals surface area (Å²) in [6, 6.07) is -5.56. The molecule has 28 heavy (non-hydrogen) atoms. The number of nitrogens with two attached hydrogens (primary N) is 1. The number of carboxylic acid groups (broad SMARTS) is 1. The van der Waals surface area contributed by atoms with Crippen LogP contribution in [0, 0.1) is 5.92 Å². The Hall–Kier alpha value is -2.28. The number of carbonyl (C=O) groups is 4. The molecule has 12 heteroatoms. The zero-order chi connectivity index (χ0) is 22.0. The Morgan fingerprint density at radius 2 is 1.32 bits per heavy atom. The molecule has 0 aliphatic carbocycles. The summed E-state index contributed by atoms with van der Waals surface area (Å²) in [5.74, 6) is -4.40. The molecule has 0 spiro atoms. The van der Waals surface area contributed by atoms with Gasteiger partial charge in [0.2, 0.25) is 17.7 Å². The van der Waals surface area contributed by atoms with Crippen LogP contribution in [0.4, 0.5) is 0 Å². The lowest BCUT2D eigenvalue weighted by molar-refractivity contribution is -0.145. The first-order chi connectivity index (χ1) is 13.0. The molecule has 0 saturated carbocycles. The normalized spacial score (nSPS) is 17.4. The van der Waals surface area contributed by atoms with E-state index in [4.69, 9.17) is 10.8 Å². The Morgan fingerprint density at radius 3 is 1.68 bits per heavy atom. The van der Waals surface area contributed by atoms with Gasteiger partial charge in [-0.15, -0.1) is 0 Å². The largest absolute Gasteiger partial charge is 0.480 e. The first-order valence-electron chi connectivity index (χ1n) is 8.79. The lowest BCUT2D eigenvalue weighted by Gasteiger charge is -2.24. The lowest BCUT2D eigenvalue weighted by Crippen LogP contribution is -2.60. The van der Waals surface area contributed by atoms with Gasteiger partial charge in [-0.1, -0.05) is 20.3 Å². The summed E-state index contributed by atoms with van der Waals surface area (Å²) in [5, 5.41) is 43.3. The summed E-state index contributed by atoms with van der Waals surface area (Å²) in [4.78, 5) is 47.3. The molecule has 0 aliphatic rings. The Labute approximate surface area is 162 Å². The van der Waals surface area contributed by atoms with Crippen LogP contribution in [0.15, 0.2) is 0 Å². The Bertz CT molecular complexity index is 557. The molecule has 3 amide bonds. The number of carbonyl (C=O) groups excluding carboxylic acids is 3. The highest BCUT2D eigenvalue weighted by molar-refractivity contribution is 5.94. The van der Waals surface area contributed by atoms with Crippen molar-refractivity contribution in [2.24, 2.45) is 11.7 Å². The van der Waals surface area contributed by atoms with Gasteiger partial charge < -0.3 is 42.1 Å². The molecular formula is C16H30N4O8. The van der Waals surface area contributed by atoms with Crippen molar-refractivity contribution in [2.45, 2.75) is 57.5 Å². The van der Waals surface area contributed by atoms with Crippen LogP contribution in [0.5, 0.6) is 0 Å². The van der Waals surface area contributed by atoms with E-state index in [0.717, 1.165) is 6.92 Å². The quantitative estimate of drug-likeness (QED) is 0.160. The SMILES string of the molecule is CCC(C)C(N)C(=O)NC(CO)C(=O)NC(CO)C(=O)NC(C(=O)O)C(C)O. The number of aliphatic hydroxyl groups excluding tert-OH is 3. The molecule has 0 aliphatic heterocycles.